The Morgan fingerprint density at radius 3 is 2.33 bits per heavy atom. The molecule has 0 saturated heterocycles. The Balaban J connectivity index is 2.01. The van der Waals surface area contributed by atoms with Crippen molar-refractivity contribution in [1.82, 2.24) is 4.98 Å². The Bertz CT molecular complexity index is 997. The topological polar surface area (TPSA) is 15.8 Å². The molecule has 3 aromatic rings. The number of aromatic amines is 1. The number of allylic oxidation sites excluding steroid dienone is 4. The molecule has 24 heavy (non-hydrogen) atoms. The van der Waals surface area contributed by atoms with E-state index in [1.54, 1.807) is 0 Å². The second-order valence-electron chi connectivity index (χ2n) is 6.86. The summed E-state index contributed by atoms with van der Waals surface area (Å²) in [5, 5.41) is 1.28. The molecule has 0 atom stereocenters. The van der Waals surface area contributed by atoms with E-state index in [2.05, 4.69) is 80.5 Å². The highest BCUT2D eigenvalue weighted by molar-refractivity contribution is 5.99. The zero-order chi connectivity index (χ0) is 16.9. The van der Waals surface area contributed by atoms with Gasteiger partial charge < -0.3 is 4.98 Å². The van der Waals surface area contributed by atoms with Gasteiger partial charge in [0.2, 0.25) is 0 Å². The van der Waals surface area contributed by atoms with Crippen LogP contribution in [0.1, 0.15) is 25.1 Å². The summed E-state index contributed by atoms with van der Waals surface area (Å²) in [5.41, 5.74) is 8.53. The fourth-order valence-electron chi connectivity index (χ4n) is 4.04. The second-order valence-corrected chi connectivity index (χ2v) is 6.86. The van der Waals surface area contributed by atoms with Gasteiger partial charge in [0.15, 0.2) is 0 Å². The number of nitrogens with one attached hydrogen (secondary N) is 1. The van der Waals surface area contributed by atoms with Gasteiger partial charge in [-0.1, -0.05) is 75.6 Å². The summed E-state index contributed by atoms with van der Waals surface area (Å²) < 4.78 is 0. The third-order valence-electron chi connectivity index (χ3n) is 5.17. The highest BCUT2D eigenvalue weighted by Crippen LogP contribution is 2.50. The summed E-state index contributed by atoms with van der Waals surface area (Å²) in [6.45, 7) is 12.6. The number of aromatic nitrogens is 1. The molecule has 1 aliphatic rings. The maximum Gasteiger partial charge on any atom is 0.0509 e. The van der Waals surface area contributed by atoms with E-state index in [0.717, 1.165) is 0 Å². The maximum atomic E-state index is 4.02. The van der Waals surface area contributed by atoms with E-state index in [1.807, 2.05) is 12.2 Å². The van der Waals surface area contributed by atoms with E-state index in [-0.39, 0.29) is 5.41 Å². The Morgan fingerprint density at radius 1 is 0.917 bits per heavy atom. The van der Waals surface area contributed by atoms with Gasteiger partial charge in [0, 0.05) is 21.9 Å². The van der Waals surface area contributed by atoms with Crippen LogP contribution in [0.25, 0.3) is 27.6 Å². The van der Waals surface area contributed by atoms with E-state index in [9.17, 15) is 0 Å². The van der Waals surface area contributed by atoms with Gasteiger partial charge >= 0.3 is 0 Å². The molecule has 0 amide bonds. The average molecular weight is 311 g/mol. The van der Waals surface area contributed by atoms with Crippen molar-refractivity contribution >= 4 is 16.5 Å². The lowest BCUT2D eigenvalue weighted by Crippen LogP contribution is -2.15. The molecule has 2 aromatic carbocycles. The molecule has 1 N–H and O–H groups in total. The van der Waals surface area contributed by atoms with Crippen LogP contribution in [0.15, 0.2) is 79.4 Å². The van der Waals surface area contributed by atoms with Crippen LogP contribution in [0, 0.1) is 0 Å². The molecule has 1 heterocycles. The number of fused-ring (bicyclic) bond motifs is 3. The Kier molecular flexibility index (Phi) is 3.14. The third kappa shape index (κ3) is 1.88. The summed E-state index contributed by atoms with van der Waals surface area (Å²) in [4.78, 5) is 3.60. The van der Waals surface area contributed by atoms with Crippen molar-refractivity contribution in [3.63, 3.8) is 0 Å². The summed E-state index contributed by atoms with van der Waals surface area (Å²) in [6, 6.07) is 17.2. The molecular formula is C23H21N. The van der Waals surface area contributed by atoms with Crippen LogP contribution < -0.4 is 0 Å². The fourth-order valence-corrected chi connectivity index (χ4v) is 4.04. The number of H-pyrrole nitrogens is 1. The minimum absolute atomic E-state index is 0.0752. The van der Waals surface area contributed by atoms with Gasteiger partial charge in [-0.05, 0) is 34.4 Å². The van der Waals surface area contributed by atoms with E-state index in [0.29, 0.717) is 0 Å². The molecule has 1 aliphatic carbocycles. The quantitative estimate of drug-likeness (QED) is 0.588. The minimum Gasteiger partial charge on any atom is -0.354 e. The van der Waals surface area contributed by atoms with Crippen molar-refractivity contribution in [1.29, 1.82) is 0 Å². The maximum absolute atomic E-state index is 4.02. The summed E-state index contributed by atoms with van der Waals surface area (Å²) in [6.07, 6.45) is 3.91. The van der Waals surface area contributed by atoms with Crippen LogP contribution in [-0.2, 0) is 5.41 Å². The zero-order valence-electron chi connectivity index (χ0n) is 14.2. The van der Waals surface area contributed by atoms with Crippen molar-refractivity contribution in [2.24, 2.45) is 0 Å². The molecule has 0 spiro atoms. The monoisotopic (exact) mass is 311 g/mol. The molecule has 0 bridgehead atoms. The highest BCUT2D eigenvalue weighted by atomic mass is 14.7. The van der Waals surface area contributed by atoms with Crippen molar-refractivity contribution in [2.75, 3.05) is 0 Å². The summed E-state index contributed by atoms with van der Waals surface area (Å²) in [5.74, 6) is 0. The zero-order valence-corrected chi connectivity index (χ0v) is 14.2. The van der Waals surface area contributed by atoms with Crippen LogP contribution in [0.4, 0.5) is 0 Å². The minimum atomic E-state index is -0.0752. The molecule has 4 rings (SSSR count). The number of benzene rings is 2. The largest absolute Gasteiger partial charge is 0.354 e. The molecule has 0 unspecified atom stereocenters. The normalized spacial score (nSPS) is 15.6. The predicted molar refractivity (Wildman–Crippen MR) is 104 cm³/mol. The molecule has 118 valence electrons. The van der Waals surface area contributed by atoms with Gasteiger partial charge in [-0.25, -0.2) is 0 Å². The van der Waals surface area contributed by atoms with E-state index in [1.165, 1.54) is 44.4 Å². The van der Waals surface area contributed by atoms with Gasteiger partial charge in [-0.15, -0.1) is 0 Å². The molecule has 1 heteroatoms. The Labute approximate surface area is 143 Å². The van der Waals surface area contributed by atoms with Gasteiger partial charge in [0.25, 0.3) is 0 Å². The Morgan fingerprint density at radius 2 is 1.67 bits per heavy atom. The molecule has 0 radical (unpaired) electrons. The molecule has 0 saturated carbocycles. The SMILES string of the molecule is C=CC1=C(C=C)C(C)(C)c2c1[nH]c1ccc(-c3ccccc3)cc21. The standard InChI is InChI=1S/C23H21N/c1-5-17-19(6-2)23(3,4)21-18-14-16(15-10-8-7-9-11-15)12-13-20(18)24-22(17)21/h5-14,24H,1-2H2,3-4H3. The third-order valence-corrected chi connectivity index (χ3v) is 5.17. The van der Waals surface area contributed by atoms with Gasteiger partial charge in [-0.2, -0.15) is 0 Å². The molecule has 1 nitrogen and oxygen atoms in total. The summed E-state index contributed by atoms with van der Waals surface area (Å²) >= 11 is 0. The van der Waals surface area contributed by atoms with Crippen LogP contribution in [-0.4, -0.2) is 4.98 Å². The second kappa shape index (κ2) is 5.10. The lowest BCUT2D eigenvalue weighted by atomic mass is 9.80. The molecule has 0 fully saturated rings. The lowest BCUT2D eigenvalue weighted by Gasteiger charge is -2.22. The number of hydrogen-bond acceptors (Lipinski definition) is 0. The van der Waals surface area contributed by atoms with E-state index < -0.39 is 0 Å². The van der Waals surface area contributed by atoms with Crippen molar-refractivity contribution in [3.05, 3.63) is 90.7 Å². The van der Waals surface area contributed by atoms with Gasteiger partial charge in [0.1, 0.15) is 0 Å². The summed E-state index contributed by atoms with van der Waals surface area (Å²) in [7, 11) is 0. The number of hydrogen-bond donors (Lipinski definition) is 1. The highest BCUT2D eigenvalue weighted by Gasteiger charge is 2.38. The van der Waals surface area contributed by atoms with Crippen molar-refractivity contribution in [2.45, 2.75) is 19.3 Å². The predicted octanol–water partition coefficient (Wildman–Crippen LogP) is 6.25. The molecule has 0 aliphatic heterocycles. The first-order valence-electron chi connectivity index (χ1n) is 8.29. The van der Waals surface area contributed by atoms with E-state index in [4.69, 9.17) is 0 Å². The Hall–Kier alpha value is -2.80. The van der Waals surface area contributed by atoms with Crippen LogP contribution >= 0.6 is 0 Å². The molecule has 1 aromatic heterocycles. The van der Waals surface area contributed by atoms with Gasteiger partial charge in [-0.3, -0.25) is 0 Å². The van der Waals surface area contributed by atoms with Crippen LogP contribution in [0.2, 0.25) is 0 Å². The molecular weight excluding hydrogens is 290 g/mol. The van der Waals surface area contributed by atoms with E-state index >= 15 is 0 Å². The van der Waals surface area contributed by atoms with Crippen LogP contribution in [0.3, 0.4) is 0 Å². The smallest absolute Gasteiger partial charge is 0.0509 e. The van der Waals surface area contributed by atoms with Gasteiger partial charge in [0.05, 0.1) is 5.69 Å². The first kappa shape index (κ1) is 14.8. The average Bonchev–Trinajstić information content (AvgIpc) is 3.07. The van der Waals surface area contributed by atoms with Crippen LogP contribution in [0.5, 0.6) is 0 Å². The van der Waals surface area contributed by atoms with Crippen molar-refractivity contribution in [3.8, 4) is 11.1 Å². The fraction of sp³-hybridized carbons (Fsp3) is 0.130. The number of rotatable bonds is 3. The first-order valence-corrected chi connectivity index (χ1v) is 8.29. The van der Waals surface area contributed by atoms with Crippen molar-refractivity contribution < 1.29 is 0 Å². The lowest BCUT2D eigenvalue weighted by molar-refractivity contribution is 0.661. The first-order chi connectivity index (χ1) is 11.6.